The minimum absolute atomic E-state index is 0.0174. The van der Waals surface area contributed by atoms with Crippen molar-refractivity contribution < 1.29 is 24.2 Å². The van der Waals surface area contributed by atoms with Gasteiger partial charge in [-0.15, -0.1) is 0 Å². The summed E-state index contributed by atoms with van der Waals surface area (Å²) in [6.45, 7) is 9.99. The number of thiazole rings is 1. The monoisotopic (exact) mass is 552 g/mol. The number of aromatic nitrogens is 1. The maximum atomic E-state index is 13.6. The van der Waals surface area contributed by atoms with Crippen LogP contribution in [0.5, 0.6) is 11.5 Å². The standard InChI is InChI=1S/C32H28N2O5S/c1-5-12-38-23-9-6-20(7-10-23)28-26(29(35)21-8-11-24-22(16-21)15-19(4)39-24)30(36)31(37)34(28)32-33-27-18(3)13-17(2)14-25(27)40-32/h5-11,13-14,16,19,28,35H,1,12,15H2,2-4H3/b29-26-. The number of benzene rings is 3. The number of rotatable bonds is 6. The van der Waals surface area contributed by atoms with Gasteiger partial charge in [0.25, 0.3) is 5.78 Å². The van der Waals surface area contributed by atoms with Gasteiger partial charge < -0.3 is 14.6 Å². The van der Waals surface area contributed by atoms with E-state index < -0.39 is 17.7 Å². The smallest absolute Gasteiger partial charge is 0.301 e. The summed E-state index contributed by atoms with van der Waals surface area (Å²) in [5, 5.41) is 12.0. The number of carbonyl (C=O) groups excluding carboxylic acids is 2. The average molecular weight is 553 g/mol. The maximum absolute atomic E-state index is 13.6. The van der Waals surface area contributed by atoms with Gasteiger partial charge in [-0.25, -0.2) is 4.98 Å². The Labute approximate surface area is 236 Å². The van der Waals surface area contributed by atoms with Crippen molar-refractivity contribution >= 4 is 44.1 Å². The van der Waals surface area contributed by atoms with Crippen molar-refractivity contribution in [2.24, 2.45) is 0 Å². The van der Waals surface area contributed by atoms with Crippen LogP contribution in [0.25, 0.3) is 16.0 Å². The number of hydrogen-bond acceptors (Lipinski definition) is 7. The van der Waals surface area contributed by atoms with Crippen LogP contribution in [0.1, 0.15) is 40.8 Å². The first-order chi connectivity index (χ1) is 19.2. The Kier molecular flexibility index (Phi) is 6.43. The Morgan fingerprint density at radius 2 is 1.95 bits per heavy atom. The van der Waals surface area contributed by atoms with Gasteiger partial charge in [-0.3, -0.25) is 14.5 Å². The molecule has 40 heavy (non-hydrogen) atoms. The topological polar surface area (TPSA) is 89.0 Å². The zero-order chi connectivity index (χ0) is 28.1. The molecule has 2 aliphatic rings. The van der Waals surface area contributed by atoms with Gasteiger partial charge in [0.1, 0.15) is 30.0 Å². The molecule has 4 aromatic rings. The molecule has 1 aromatic heterocycles. The summed E-state index contributed by atoms with van der Waals surface area (Å²) in [6, 6.07) is 15.7. The number of aliphatic hydroxyl groups is 1. The van der Waals surface area contributed by atoms with Crippen LogP contribution in [0.4, 0.5) is 5.13 Å². The Balaban J connectivity index is 1.51. The van der Waals surface area contributed by atoms with E-state index in [1.54, 1.807) is 42.5 Å². The van der Waals surface area contributed by atoms with Crippen LogP contribution in [0.15, 0.2) is 72.8 Å². The lowest BCUT2D eigenvalue weighted by Crippen LogP contribution is -2.29. The molecule has 3 heterocycles. The molecule has 0 aliphatic carbocycles. The minimum atomic E-state index is -0.876. The summed E-state index contributed by atoms with van der Waals surface area (Å²) >= 11 is 1.35. The van der Waals surface area contributed by atoms with Gasteiger partial charge in [0.05, 0.1) is 21.8 Å². The van der Waals surface area contributed by atoms with Crippen molar-refractivity contribution in [2.45, 2.75) is 39.3 Å². The number of amides is 1. The van der Waals surface area contributed by atoms with E-state index in [-0.39, 0.29) is 17.4 Å². The van der Waals surface area contributed by atoms with Gasteiger partial charge in [-0.2, -0.15) is 0 Å². The highest BCUT2D eigenvalue weighted by molar-refractivity contribution is 7.22. The third kappa shape index (κ3) is 4.34. The largest absolute Gasteiger partial charge is 0.507 e. The number of fused-ring (bicyclic) bond motifs is 2. The van der Waals surface area contributed by atoms with Crippen molar-refractivity contribution in [3.05, 3.63) is 101 Å². The second-order valence-electron chi connectivity index (χ2n) is 10.2. The van der Waals surface area contributed by atoms with Crippen LogP contribution in [0.2, 0.25) is 0 Å². The SMILES string of the molecule is C=CCOc1ccc(C2/C(=C(/O)c3ccc4c(c3)CC(C)O4)C(=O)C(=O)N2c2nc3c(C)cc(C)cc3s2)cc1. The van der Waals surface area contributed by atoms with E-state index >= 15 is 0 Å². The van der Waals surface area contributed by atoms with Crippen molar-refractivity contribution in [1.29, 1.82) is 0 Å². The van der Waals surface area contributed by atoms with Crippen molar-refractivity contribution in [1.82, 2.24) is 4.98 Å². The molecular formula is C32H28N2O5S. The molecule has 1 saturated heterocycles. The highest BCUT2D eigenvalue weighted by Crippen LogP contribution is 2.45. The van der Waals surface area contributed by atoms with E-state index in [4.69, 9.17) is 14.5 Å². The van der Waals surface area contributed by atoms with Gasteiger partial charge >= 0.3 is 5.91 Å². The summed E-state index contributed by atoms with van der Waals surface area (Å²) in [6.07, 6.45) is 2.39. The van der Waals surface area contributed by atoms with Crippen LogP contribution in [0, 0.1) is 13.8 Å². The molecular weight excluding hydrogens is 524 g/mol. The minimum Gasteiger partial charge on any atom is -0.507 e. The van der Waals surface area contributed by atoms with Crippen LogP contribution in [-0.2, 0) is 16.0 Å². The lowest BCUT2D eigenvalue weighted by Gasteiger charge is -2.23. The number of carbonyl (C=O) groups is 2. The summed E-state index contributed by atoms with van der Waals surface area (Å²) in [5.74, 6) is -0.333. The fourth-order valence-electron chi connectivity index (χ4n) is 5.43. The molecule has 1 amide bonds. The van der Waals surface area contributed by atoms with Crippen LogP contribution in [-0.4, -0.2) is 34.5 Å². The molecule has 3 aromatic carbocycles. The summed E-state index contributed by atoms with van der Waals surface area (Å²) in [4.78, 5) is 33.5. The molecule has 0 radical (unpaired) electrons. The number of Topliss-reactive ketones (excluding diaryl/α,β-unsaturated/α-hetero) is 1. The van der Waals surface area contributed by atoms with Gasteiger partial charge in [0, 0.05) is 12.0 Å². The highest BCUT2D eigenvalue weighted by atomic mass is 32.1. The van der Waals surface area contributed by atoms with E-state index in [0.29, 0.717) is 35.0 Å². The van der Waals surface area contributed by atoms with E-state index in [1.807, 2.05) is 39.0 Å². The Morgan fingerprint density at radius 1 is 1.18 bits per heavy atom. The van der Waals surface area contributed by atoms with Gasteiger partial charge in [-0.05, 0) is 79.4 Å². The molecule has 1 N–H and O–H groups in total. The predicted octanol–water partition coefficient (Wildman–Crippen LogP) is 6.43. The fourth-order valence-corrected chi connectivity index (χ4v) is 6.60. The van der Waals surface area contributed by atoms with Crippen LogP contribution in [0.3, 0.4) is 0 Å². The second kappa shape index (κ2) is 9.95. The Hall–Kier alpha value is -4.43. The van der Waals surface area contributed by atoms with E-state index in [1.165, 1.54) is 16.2 Å². The third-order valence-electron chi connectivity index (χ3n) is 7.20. The Bertz CT molecular complexity index is 1720. The molecule has 2 atom stereocenters. The second-order valence-corrected chi connectivity index (χ2v) is 11.2. The number of aliphatic hydroxyl groups excluding tert-OH is 1. The van der Waals surface area contributed by atoms with Gasteiger partial charge in [0.15, 0.2) is 5.13 Å². The lowest BCUT2D eigenvalue weighted by atomic mass is 9.94. The molecule has 2 unspecified atom stereocenters. The number of anilines is 1. The fraction of sp³-hybridized carbons (Fsp3) is 0.219. The molecule has 2 aliphatic heterocycles. The first kappa shape index (κ1) is 25.8. The van der Waals surface area contributed by atoms with Crippen molar-refractivity contribution in [2.75, 3.05) is 11.5 Å². The summed E-state index contributed by atoms with van der Waals surface area (Å²) in [5.41, 5.74) is 4.94. The van der Waals surface area contributed by atoms with Gasteiger partial charge in [0.2, 0.25) is 0 Å². The zero-order valence-corrected chi connectivity index (χ0v) is 23.2. The molecule has 7 nitrogen and oxygen atoms in total. The van der Waals surface area contributed by atoms with Crippen molar-refractivity contribution in [3.8, 4) is 11.5 Å². The maximum Gasteiger partial charge on any atom is 0.301 e. The van der Waals surface area contributed by atoms with Crippen molar-refractivity contribution in [3.63, 3.8) is 0 Å². The summed E-state index contributed by atoms with van der Waals surface area (Å²) in [7, 11) is 0. The number of hydrogen-bond donors (Lipinski definition) is 1. The lowest BCUT2D eigenvalue weighted by molar-refractivity contribution is -0.132. The Morgan fingerprint density at radius 3 is 2.70 bits per heavy atom. The highest BCUT2D eigenvalue weighted by Gasteiger charge is 2.48. The number of nitrogens with zero attached hydrogens (tertiary/aromatic N) is 2. The third-order valence-corrected chi connectivity index (χ3v) is 8.20. The molecule has 6 rings (SSSR count). The average Bonchev–Trinajstić information content (AvgIpc) is 3.60. The van der Waals surface area contributed by atoms with Crippen LogP contribution >= 0.6 is 11.3 Å². The first-order valence-corrected chi connectivity index (χ1v) is 13.9. The van der Waals surface area contributed by atoms with Crippen LogP contribution < -0.4 is 14.4 Å². The molecule has 8 heteroatoms. The van der Waals surface area contributed by atoms with E-state index in [2.05, 4.69) is 6.58 Å². The van der Waals surface area contributed by atoms with E-state index in [9.17, 15) is 14.7 Å². The molecule has 202 valence electrons. The molecule has 0 bridgehead atoms. The first-order valence-electron chi connectivity index (χ1n) is 13.1. The summed E-state index contributed by atoms with van der Waals surface area (Å²) < 4.78 is 12.4. The van der Waals surface area contributed by atoms with Gasteiger partial charge in [-0.1, -0.05) is 42.2 Å². The predicted molar refractivity (Wildman–Crippen MR) is 156 cm³/mol. The normalized spacial score (nSPS) is 19.6. The molecule has 0 spiro atoms. The number of ketones is 1. The zero-order valence-electron chi connectivity index (χ0n) is 22.4. The number of aryl methyl sites for hydroxylation is 2. The molecule has 1 fully saturated rings. The molecule has 0 saturated carbocycles. The quantitative estimate of drug-likeness (QED) is 0.128. The van der Waals surface area contributed by atoms with E-state index in [0.717, 1.165) is 32.7 Å². The number of ether oxygens (including phenoxy) is 2.